The molecule has 0 radical (unpaired) electrons. The maximum absolute atomic E-state index is 2.34. The normalized spacial score (nSPS) is 13.4. The second-order valence-corrected chi connectivity index (χ2v) is 22.8. The summed E-state index contributed by atoms with van der Waals surface area (Å²) in [4.78, 5) is 0. The molecule has 0 bridgehead atoms. The minimum Gasteiger partial charge on any atom is -0.0654 e. The van der Waals surface area contributed by atoms with Crippen molar-refractivity contribution in [2.75, 3.05) is 0 Å². The standard InChI is InChI=1S/C13H28.4C12H26/c1-6-13(9-7-11(2)3)10-8-12(4)5;4*1-5-7-8-12(6-2)10-9-11(3)4/h11-13H,6-10H2,1-5H3;4*11-12H,5-10H2,1-4H3. The quantitative estimate of drug-likeness (QED) is 0.0595. The molecule has 0 aliphatic heterocycles. The van der Waals surface area contributed by atoms with Gasteiger partial charge in [0, 0.05) is 0 Å². The fourth-order valence-corrected chi connectivity index (χ4v) is 8.15. The topological polar surface area (TPSA) is 0 Å². The summed E-state index contributed by atoms with van der Waals surface area (Å²) in [6.45, 7) is 48.7. The zero-order chi connectivity index (χ0) is 47.9. The molecule has 61 heavy (non-hydrogen) atoms. The van der Waals surface area contributed by atoms with Crippen LogP contribution in [0.5, 0.6) is 0 Å². The van der Waals surface area contributed by atoms with Crippen molar-refractivity contribution in [1.82, 2.24) is 0 Å². The van der Waals surface area contributed by atoms with Crippen LogP contribution in [0, 0.1) is 65.1 Å². The van der Waals surface area contributed by atoms with Crippen molar-refractivity contribution < 1.29 is 0 Å². The molecule has 0 amide bonds. The van der Waals surface area contributed by atoms with Gasteiger partial charge in [-0.25, -0.2) is 0 Å². The smallest absolute Gasteiger partial charge is 0.0417 e. The van der Waals surface area contributed by atoms with E-state index >= 15 is 0 Å². The monoisotopic (exact) mass is 865 g/mol. The minimum atomic E-state index is 0.882. The van der Waals surface area contributed by atoms with E-state index in [0.717, 1.165) is 65.1 Å². The van der Waals surface area contributed by atoms with Crippen molar-refractivity contribution >= 4 is 0 Å². The van der Waals surface area contributed by atoms with Gasteiger partial charge < -0.3 is 0 Å². The average Bonchev–Trinajstić information content (AvgIpc) is 3.21. The summed E-state index contributed by atoms with van der Waals surface area (Å²) < 4.78 is 0. The molecule has 0 N–H and O–H groups in total. The number of hydrogen-bond acceptors (Lipinski definition) is 0. The molecular formula is C61H132. The molecule has 0 spiro atoms. The molecule has 0 nitrogen and oxygen atoms in total. The number of hydrogen-bond donors (Lipinski definition) is 0. The highest BCUT2D eigenvalue weighted by atomic mass is 14.2. The third-order valence-corrected chi connectivity index (χ3v) is 13.7. The van der Waals surface area contributed by atoms with Gasteiger partial charge in [-0.1, -0.05) is 332 Å². The number of unbranched alkanes of at least 4 members (excludes halogenated alkanes) is 4. The zero-order valence-corrected chi connectivity index (χ0v) is 47.9. The first kappa shape index (κ1) is 70.0. The van der Waals surface area contributed by atoms with E-state index in [9.17, 15) is 0 Å². The largest absolute Gasteiger partial charge is 0.0654 e. The van der Waals surface area contributed by atoms with Crippen LogP contribution in [0.1, 0.15) is 332 Å². The lowest BCUT2D eigenvalue weighted by molar-refractivity contribution is 0.361. The van der Waals surface area contributed by atoms with Crippen LogP contribution in [-0.2, 0) is 0 Å². The minimum absolute atomic E-state index is 0.882. The van der Waals surface area contributed by atoms with Crippen LogP contribution in [0.4, 0.5) is 0 Å². The van der Waals surface area contributed by atoms with Gasteiger partial charge >= 0.3 is 0 Å². The van der Waals surface area contributed by atoms with E-state index in [1.165, 1.54) is 186 Å². The Morgan fingerprint density at radius 1 is 0.180 bits per heavy atom. The SMILES string of the molecule is CCC(CCC(C)C)CCC(C)C.CCCCC(CC)CCC(C)C.CCCCC(CC)CCC(C)C.CCCCC(CC)CCC(C)C.CCCCC(CC)CCC(C)C. The molecule has 4 unspecified atom stereocenters. The van der Waals surface area contributed by atoms with E-state index in [1.54, 1.807) is 0 Å². The first-order valence-corrected chi connectivity index (χ1v) is 28.9. The molecule has 0 aromatic heterocycles. The van der Waals surface area contributed by atoms with Gasteiger partial charge in [0.05, 0.1) is 0 Å². The summed E-state index contributed by atoms with van der Waals surface area (Å²) >= 11 is 0. The van der Waals surface area contributed by atoms with Crippen molar-refractivity contribution in [2.45, 2.75) is 332 Å². The molecule has 0 saturated carbocycles. The van der Waals surface area contributed by atoms with Crippen LogP contribution in [0.3, 0.4) is 0 Å². The molecule has 0 fully saturated rings. The fourth-order valence-electron chi connectivity index (χ4n) is 8.15. The van der Waals surface area contributed by atoms with Crippen LogP contribution < -0.4 is 0 Å². The molecular weight excluding hydrogens is 733 g/mol. The van der Waals surface area contributed by atoms with Gasteiger partial charge in [-0.2, -0.15) is 0 Å². The van der Waals surface area contributed by atoms with Gasteiger partial charge in [0.25, 0.3) is 0 Å². The lowest BCUT2D eigenvalue weighted by atomic mass is 9.90. The van der Waals surface area contributed by atoms with Crippen molar-refractivity contribution in [1.29, 1.82) is 0 Å². The summed E-state index contributed by atoms with van der Waals surface area (Å²) in [6.07, 6.45) is 41.1. The Kier molecular flexibility index (Phi) is 62.4. The third kappa shape index (κ3) is 64.4. The van der Waals surface area contributed by atoms with Crippen LogP contribution in [0.15, 0.2) is 0 Å². The van der Waals surface area contributed by atoms with Crippen molar-refractivity contribution in [3.63, 3.8) is 0 Å². The molecule has 4 atom stereocenters. The van der Waals surface area contributed by atoms with E-state index < -0.39 is 0 Å². The van der Waals surface area contributed by atoms with Crippen LogP contribution in [-0.4, -0.2) is 0 Å². The van der Waals surface area contributed by atoms with Crippen molar-refractivity contribution in [3.05, 3.63) is 0 Å². The maximum atomic E-state index is 2.34. The van der Waals surface area contributed by atoms with E-state index in [2.05, 4.69) is 145 Å². The van der Waals surface area contributed by atoms with E-state index in [4.69, 9.17) is 0 Å². The van der Waals surface area contributed by atoms with Gasteiger partial charge in [-0.3, -0.25) is 0 Å². The van der Waals surface area contributed by atoms with Gasteiger partial charge in [-0.15, -0.1) is 0 Å². The van der Waals surface area contributed by atoms with Crippen LogP contribution >= 0.6 is 0 Å². The fraction of sp³-hybridized carbons (Fsp3) is 1.00. The van der Waals surface area contributed by atoms with Gasteiger partial charge in [0.1, 0.15) is 0 Å². The first-order valence-electron chi connectivity index (χ1n) is 28.9. The second kappa shape index (κ2) is 54.3. The zero-order valence-electron chi connectivity index (χ0n) is 47.9. The Morgan fingerprint density at radius 2 is 0.311 bits per heavy atom. The Hall–Kier alpha value is 0. The Morgan fingerprint density at radius 3 is 0.410 bits per heavy atom. The summed E-state index contributed by atoms with van der Waals surface area (Å²) in [5.41, 5.74) is 0. The first-order chi connectivity index (χ1) is 28.9. The van der Waals surface area contributed by atoms with Crippen LogP contribution in [0.2, 0.25) is 0 Å². The molecule has 376 valence electrons. The van der Waals surface area contributed by atoms with Crippen molar-refractivity contribution in [2.24, 2.45) is 65.1 Å². The Bertz CT molecular complexity index is 618. The molecule has 0 aliphatic rings. The highest BCUT2D eigenvalue weighted by Gasteiger charge is 2.10. The lowest BCUT2D eigenvalue weighted by Crippen LogP contribution is -2.03. The summed E-state index contributed by atoms with van der Waals surface area (Å²) in [5, 5.41) is 0. The highest BCUT2D eigenvalue weighted by Crippen LogP contribution is 2.25. The molecule has 0 heteroatoms. The van der Waals surface area contributed by atoms with Gasteiger partial charge in [0.15, 0.2) is 0 Å². The Labute approximate surface area is 395 Å². The van der Waals surface area contributed by atoms with E-state index in [1.807, 2.05) is 0 Å². The van der Waals surface area contributed by atoms with E-state index in [0.29, 0.717) is 0 Å². The number of rotatable bonds is 35. The second-order valence-electron chi connectivity index (χ2n) is 22.8. The molecule has 0 aliphatic carbocycles. The highest BCUT2D eigenvalue weighted by molar-refractivity contribution is 4.63. The predicted molar refractivity (Wildman–Crippen MR) is 291 cm³/mol. The average molecular weight is 866 g/mol. The molecule has 0 heterocycles. The maximum Gasteiger partial charge on any atom is -0.0417 e. The summed E-state index contributed by atoms with van der Waals surface area (Å²) in [7, 11) is 0. The van der Waals surface area contributed by atoms with E-state index in [-0.39, 0.29) is 0 Å². The third-order valence-electron chi connectivity index (χ3n) is 13.7. The molecule has 0 rings (SSSR count). The molecule has 0 saturated heterocycles. The lowest BCUT2D eigenvalue weighted by Gasteiger charge is -2.16. The van der Waals surface area contributed by atoms with Crippen molar-refractivity contribution in [3.8, 4) is 0 Å². The van der Waals surface area contributed by atoms with Gasteiger partial charge in [0.2, 0.25) is 0 Å². The summed E-state index contributed by atoms with van der Waals surface area (Å²) in [6, 6.07) is 0. The summed E-state index contributed by atoms with van der Waals surface area (Å²) in [5.74, 6) is 10.3. The molecule has 0 aromatic rings. The Balaban J connectivity index is -0.000000214. The predicted octanol–water partition coefficient (Wildman–Crippen LogP) is 23.4. The molecule has 0 aromatic carbocycles. The van der Waals surface area contributed by atoms with Crippen LogP contribution in [0.25, 0.3) is 0 Å². The van der Waals surface area contributed by atoms with Gasteiger partial charge in [-0.05, 0) is 65.1 Å².